The van der Waals surface area contributed by atoms with E-state index in [1.807, 2.05) is 13.0 Å². The van der Waals surface area contributed by atoms with Gasteiger partial charge in [0.1, 0.15) is 6.07 Å². The minimum atomic E-state index is 0.126. The zero-order chi connectivity index (χ0) is 10.6. The van der Waals surface area contributed by atoms with E-state index in [0.29, 0.717) is 17.1 Å². The second-order valence-corrected chi connectivity index (χ2v) is 3.46. The number of anilines is 1. The molecule has 0 heterocycles. The molecule has 1 atom stereocenters. The Kier molecular flexibility index (Phi) is 3.75. The van der Waals surface area contributed by atoms with Crippen LogP contribution in [0.1, 0.15) is 12.5 Å². The maximum absolute atomic E-state index is 8.88. The molecule has 0 spiro atoms. The molecule has 0 aromatic heterocycles. The molecule has 3 nitrogen and oxygen atoms in total. The van der Waals surface area contributed by atoms with Crippen LogP contribution in [0.4, 0.5) is 5.69 Å². The Morgan fingerprint density at radius 1 is 1.64 bits per heavy atom. The zero-order valence-corrected chi connectivity index (χ0v) is 8.67. The highest BCUT2D eigenvalue weighted by molar-refractivity contribution is 6.32. The molecule has 1 aromatic carbocycles. The summed E-state index contributed by atoms with van der Waals surface area (Å²) in [5.74, 6) is 0. The fraction of sp³-hybridized carbons (Fsp3) is 0.300. The Morgan fingerprint density at radius 3 is 2.93 bits per heavy atom. The molecule has 0 amide bonds. The van der Waals surface area contributed by atoms with Crippen LogP contribution in [-0.2, 0) is 0 Å². The normalized spacial score (nSPS) is 11.9. The summed E-state index contributed by atoms with van der Waals surface area (Å²) in [6, 6.07) is 7.49. The first kappa shape index (κ1) is 10.8. The third kappa shape index (κ3) is 2.38. The molecular formula is C10H12ClN3. The van der Waals surface area contributed by atoms with Crippen LogP contribution in [0.5, 0.6) is 0 Å². The van der Waals surface area contributed by atoms with Gasteiger partial charge in [0.05, 0.1) is 16.3 Å². The second-order valence-electron chi connectivity index (χ2n) is 3.06. The van der Waals surface area contributed by atoms with Gasteiger partial charge in [-0.3, -0.25) is 0 Å². The number of benzene rings is 1. The Balaban J connectivity index is 2.98. The highest BCUT2D eigenvalue weighted by Gasteiger charge is 2.07. The average Bonchev–Trinajstić information content (AvgIpc) is 2.18. The number of halogens is 1. The Bertz CT molecular complexity index is 357. The second kappa shape index (κ2) is 4.85. The maximum atomic E-state index is 8.88. The van der Waals surface area contributed by atoms with Crippen LogP contribution in [0.25, 0.3) is 0 Å². The molecule has 1 unspecified atom stereocenters. The summed E-state index contributed by atoms with van der Waals surface area (Å²) >= 11 is 5.86. The highest BCUT2D eigenvalue weighted by atomic mass is 35.5. The number of nitrogens with one attached hydrogen (secondary N) is 1. The Labute approximate surface area is 88.5 Å². The monoisotopic (exact) mass is 209 g/mol. The van der Waals surface area contributed by atoms with Crippen LogP contribution in [-0.4, -0.2) is 12.6 Å². The van der Waals surface area contributed by atoms with Crippen molar-refractivity contribution < 1.29 is 0 Å². The van der Waals surface area contributed by atoms with E-state index in [2.05, 4.69) is 11.4 Å². The fourth-order valence-electron chi connectivity index (χ4n) is 1.08. The van der Waals surface area contributed by atoms with Crippen molar-refractivity contribution in [2.75, 3.05) is 11.9 Å². The van der Waals surface area contributed by atoms with Crippen LogP contribution in [0, 0.1) is 11.3 Å². The van der Waals surface area contributed by atoms with Gasteiger partial charge in [-0.25, -0.2) is 0 Å². The van der Waals surface area contributed by atoms with Crippen molar-refractivity contribution in [2.24, 2.45) is 5.73 Å². The van der Waals surface area contributed by atoms with Gasteiger partial charge in [-0.05, 0) is 19.1 Å². The van der Waals surface area contributed by atoms with E-state index in [1.165, 1.54) is 0 Å². The summed E-state index contributed by atoms with van der Waals surface area (Å²) in [4.78, 5) is 0. The largest absolute Gasteiger partial charge is 0.380 e. The molecule has 0 fully saturated rings. The summed E-state index contributed by atoms with van der Waals surface area (Å²) < 4.78 is 0. The first-order chi connectivity index (χ1) is 6.69. The Hall–Kier alpha value is -1.24. The maximum Gasteiger partial charge on any atom is 0.103 e. The molecule has 0 saturated heterocycles. The summed E-state index contributed by atoms with van der Waals surface area (Å²) in [5.41, 5.74) is 6.67. The number of nitriles is 1. The molecular weight excluding hydrogens is 198 g/mol. The quantitative estimate of drug-likeness (QED) is 0.800. The van der Waals surface area contributed by atoms with Crippen molar-refractivity contribution in [1.82, 2.24) is 0 Å². The van der Waals surface area contributed by atoms with E-state index < -0.39 is 0 Å². The smallest absolute Gasteiger partial charge is 0.103 e. The molecule has 3 N–H and O–H groups in total. The number of rotatable bonds is 3. The van der Waals surface area contributed by atoms with Gasteiger partial charge >= 0.3 is 0 Å². The lowest BCUT2D eigenvalue weighted by atomic mass is 10.2. The van der Waals surface area contributed by atoms with E-state index in [-0.39, 0.29) is 6.04 Å². The minimum absolute atomic E-state index is 0.126. The highest BCUT2D eigenvalue weighted by Crippen LogP contribution is 2.23. The molecule has 0 aliphatic rings. The minimum Gasteiger partial charge on any atom is -0.380 e. The first-order valence-electron chi connectivity index (χ1n) is 4.34. The van der Waals surface area contributed by atoms with Crippen LogP contribution < -0.4 is 11.1 Å². The lowest BCUT2D eigenvalue weighted by Gasteiger charge is -2.14. The van der Waals surface area contributed by atoms with Crippen molar-refractivity contribution in [3.63, 3.8) is 0 Å². The van der Waals surface area contributed by atoms with E-state index in [0.717, 1.165) is 5.69 Å². The topological polar surface area (TPSA) is 61.8 Å². The first-order valence-corrected chi connectivity index (χ1v) is 4.72. The molecule has 1 rings (SSSR count). The van der Waals surface area contributed by atoms with E-state index in [9.17, 15) is 0 Å². The summed E-state index contributed by atoms with van der Waals surface area (Å²) in [7, 11) is 0. The van der Waals surface area contributed by atoms with Crippen molar-refractivity contribution in [1.29, 1.82) is 5.26 Å². The van der Waals surface area contributed by atoms with Gasteiger partial charge in [-0.2, -0.15) is 5.26 Å². The van der Waals surface area contributed by atoms with Gasteiger partial charge in [0.2, 0.25) is 0 Å². The third-order valence-electron chi connectivity index (χ3n) is 1.88. The predicted octanol–water partition coefficient (Wildman–Crippen LogP) is 1.97. The van der Waals surface area contributed by atoms with Crippen molar-refractivity contribution in [2.45, 2.75) is 13.0 Å². The van der Waals surface area contributed by atoms with Gasteiger partial charge in [-0.1, -0.05) is 17.7 Å². The number of hydrogen-bond donors (Lipinski definition) is 2. The average molecular weight is 210 g/mol. The Morgan fingerprint density at radius 2 is 2.36 bits per heavy atom. The zero-order valence-electron chi connectivity index (χ0n) is 7.92. The third-order valence-corrected chi connectivity index (χ3v) is 2.20. The van der Waals surface area contributed by atoms with Gasteiger partial charge in [-0.15, -0.1) is 0 Å². The molecule has 1 aromatic rings. The molecule has 0 radical (unpaired) electrons. The molecule has 0 bridgehead atoms. The van der Waals surface area contributed by atoms with E-state index in [1.54, 1.807) is 12.1 Å². The summed E-state index contributed by atoms with van der Waals surface area (Å²) in [5, 5.41) is 12.5. The van der Waals surface area contributed by atoms with Gasteiger partial charge < -0.3 is 11.1 Å². The molecule has 4 heteroatoms. The lowest BCUT2D eigenvalue weighted by molar-refractivity contribution is 0.803. The molecule has 74 valence electrons. The fourth-order valence-corrected chi connectivity index (χ4v) is 1.30. The molecule has 0 aliphatic heterocycles. The van der Waals surface area contributed by atoms with Gasteiger partial charge in [0.15, 0.2) is 0 Å². The standard InChI is InChI=1S/C10H12ClN3/c1-7(5-12)14-10-4-2-3-9(11)8(10)6-13/h2-4,7,14H,5,12H2,1H3. The molecule has 14 heavy (non-hydrogen) atoms. The van der Waals surface area contributed by atoms with Crippen molar-refractivity contribution >= 4 is 17.3 Å². The summed E-state index contributed by atoms with van der Waals surface area (Å²) in [6.45, 7) is 2.46. The van der Waals surface area contributed by atoms with Crippen LogP contribution in [0.3, 0.4) is 0 Å². The predicted molar refractivity (Wildman–Crippen MR) is 58.3 cm³/mol. The van der Waals surface area contributed by atoms with E-state index >= 15 is 0 Å². The number of nitrogens with zero attached hydrogens (tertiary/aromatic N) is 1. The van der Waals surface area contributed by atoms with Crippen LogP contribution in [0.2, 0.25) is 5.02 Å². The molecule has 0 saturated carbocycles. The number of nitrogens with two attached hydrogens (primary N) is 1. The molecule has 0 aliphatic carbocycles. The van der Waals surface area contributed by atoms with Gasteiger partial charge in [0.25, 0.3) is 0 Å². The lowest BCUT2D eigenvalue weighted by Crippen LogP contribution is -2.25. The number of hydrogen-bond acceptors (Lipinski definition) is 3. The van der Waals surface area contributed by atoms with E-state index in [4.69, 9.17) is 22.6 Å². The van der Waals surface area contributed by atoms with Crippen LogP contribution >= 0.6 is 11.6 Å². The van der Waals surface area contributed by atoms with Crippen molar-refractivity contribution in [3.05, 3.63) is 28.8 Å². The summed E-state index contributed by atoms with van der Waals surface area (Å²) in [6.07, 6.45) is 0. The van der Waals surface area contributed by atoms with Crippen molar-refractivity contribution in [3.8, 4) is 6.07 Å². The van der Waals surface area contributed by atoms with Gasteiger partial charge in [0, 0.05) is 12.6 Å². The SMILES string of the molecule is CC(CN)Nc1cccc(Cl)c1C#N. The van der Waals surface area contributed by atoms with Crippen LogP contribution in [0.15, 0.2) is 18.2 Å².